The van der Waals surface area contributed by atoms with Gasteiger partial charge in [-0.05, 0) is 62.6 Å². The number of hydrogen-bond donors (Lipinski definition) is 0. The van der Waals surface area contributed by atoms with E-state index in [1.165, 1.54) is 11.0 Å². The van der Waals surface area contributed by atoms with Gasteiger partial charge in [0.15, 0.2) is 0 Å². The first-order valence-corrected chi connectivity index (χ1v) is 13.2. The first-order valence-electron chi connectivity index (χ1n) is 13.2. The molecule has 0 saturated carbocycles. The van der Waals surface area contributed by atoms with Crippen molar-refractivity contribution in [3.8, 4) is 5.75 Å². The molecule has 2 aromatic carbocycles. The third-order valence-electron chi connectivity index (χ3n) is 6.54. The molecule has 0 aliphatic carbocycles. The zero-order valence-corrected chi connectivity index (χ0v) is 23.4. The standard InChI is InChI=1S/C29H38F3N3O5/c1-28(2,3)40-26(36)6-5-13-35(19-21-7-11-24(39-4)12-8-21)25-18-23(29(30,31)32)10-9-22(25)20-33-14-16-34(17-15-33)27(37)38/h7-12,18H,5-6,13-17,19-20H2,1-4H3,(H,37,38)/p-1. The van der Waals surface area contributed by atoms with Crippen molar-refractivity contribution in [1.82, 2.24) is 9.80 Å². The predicted octanol–water partition coefficient (Wildman–Crippen LogP) is 4.30. The van der Waals surface area contributed by atoms with Crippen molar-refractivity contribution in [3.63, 3.8) is 0 Å². The monoisotopic (exact) mass is 564 g/mol. The Morgan fingerprint density at radius 1 is 1.00 bits per heavy atom. The smallest absolute Gasteiger partial charge is 0.416 e. The molecule has 8 nitrogen and oxygen atoms in total. The topological polar surface area (TPSA) is 85.4 Å². The highest BCUT2D eigenvalue weighted by atomic mass is 19.4. The summed E-state index contributed by atoms with van der Waals surface area (Å²) in [6.07, 6.45) is -5.26. The minimum Gasteiger partial charge on any atom is -0.530 e. The van der Waals surface area contributed by atoms with E-state index in [1.54, 1.807) is 40.0 Å². The maximum atomic E-state index is 13.8. The molecule has 0 bridgehead atoms. The summed E-state index contributed by atoms with van der Waals surface area (Å²) in [5, 5.41) is 11.2. The number of alkyl halides is 3. The number of ether oxygens (including phenoxy) is 2. The van der Waals surface area contributed by atoms with Crippen LogP contribution in [-0.2, 0) is 28.8 Å². The number of nitrogens with zero attached hydrogens (tertiary/aromatic N) is 3. The molecule has 40 heavy (non-hydrogen) atoms. The number of anilines is 1. The van der Waals surface area contributed by atoms with Gasteiger partial charge in [0.25, 0.3) is 0 Å². The molecule has 2 aromatic rings. The van der Waals surface area contributed by atoms with Crippen LogP contribution in [0.3, 0.4) is 0 Å². The normalized spacial score (nSPS) is 14.6. The van der Waals surface area contributed by atoms with Crippen molar-refractivity contribution < 1.29 is 37.3 Å². The number of piperazine rings is 1. The number of carbonyl (C=O) groups excluding carboxylic acids is 2. The lowest BCUT2D eigenvalue weighted by Crippen LogP contribution is -2.52. The van der Waals surface area contributed by atoms with E-state index < -0.39 is 23.4 Å². The number of carbonyl (C=O) groups is 2. The fraction of sp³-hybridized carbons (Fsp3) is 0.517. The number of halogens is 3. The summed E-state index contributed by atoms with van der Waals surface area (Å²) < 4.78 is 52.0. The summed E-state index contributed by atoms with van der Waals surface area (Å²) in [7, 11) is 1.56. The number of benzene rings is 2. The van der Waals surface area contributed by atoms with Gasteiger partial charge in [-0.25, -0.2) is 0 Å². The molecule has 0 radical (unpaired) electrons. The van der Waals surface area contributed by atoms with E-state index in [0.29, 0.717) is 56.1 Å². The van der Waals surface area contributed by atoms with Crippen LogP contribution >= 0.6 is 0 Å². The number of methoxy groups -OCH3 is 1. The Kier molecular flexibility index (Phi) is 10.3. The maximum absolute atomic E-state index is 13.8. The van der Waals surface area contributed by atoms with Crippen LogP contribution in [0.5, 0.6) is 5.75 Å². The molecular formula is C29H37F3N3O5-. The molecule has 3 rings (SSSR count). The Labute approximate surface area is 233 Å². The van der Waals surface area contributed by atoms with E-state index in [1.807, 2.05) is 21.9 Å². The largest absolute Gasteiger partial charge is 0.530 e. The molecule has 1 heterocycles. The Hall–Kier alpha value is -3.47. The van der Waals surface area contributed by atoms with E-state index in [-0.39, 0.29) is 25.5 Å². The van der Waals surface area contributed by atoms with Crippen molar-refractivity contribution >= 4 is 17.7 Å². The molecule has 11 heteroatoms. The fourth-order valence-electron chi connectivity index (χ4n) is 4.54. The third-order valence-corrected chi connectivity index (χ3v) is 6.54. The zero-order chi connectivity index (χ0) is 29.5. The van der Waals surface area contributed by atoms with Crippen LogP contribution in [0, 0.1) is 0 Å². The zero-order valence-electron chi connectivity index (χ0n) is 23.4. The molecule has 0 aromatic heterocycles. The van der Waals surface area contributed by atoms with Crippen molar-refractivity contribution in [3.05, 3.63) is 59.2 Å². The summed E-state index contributed by atoms with van der Waals surface area (Å²) in [6.45, 7) is 7.72. The molecule has 1 aliphatic rings. The quantitative estimate of drug-likeness (QED) is 0.398. The van der Waals surface area contributed by atoms with Gasteiger partial charge in [0.05, 0.1) is 12.7 Å². The van der Waals surface area contributed by atoms with Gasteiger partial charge in [-0.3, -0.25) is 9.69 Å². The summed E-state index contributed by atoms with van der Waals surface area (Å²) in [6, 6.07) is 11.0. The molecule has 0 spiro atoms. The Morgan fingerprint density at radius 3 is 2.20 bits per heavy atom. The van der Waals surface area contributed by atoms with Gasteiger partial charge < -0.3 is 29.2 Å². The van der Waals surface area contributed by atoms with Crippen LogP contribution in [0.4, 0.5) is 23.7 Å². The van der Waals surface area contributed by atoms with Crippen LogP contribution in [0.15, 0.2) is 42.5 Å². The lowest BCUT2D eigenvalue weighted by molar-refractivity contribution is -0.266. The van der Waals surface area contributed by atoms with Crippen LogP contribution < -0.4 is 14.7 Å². The summed E-state index contributed by atoms with van der Waals surface area (Å²) in [5.74, 6) is 0.294. The van der Waals surface area contributed by atoms with Crippen LogP contribution in [0.2, 0.25) is 0 Å². The fourth-order valence-corrected chi connectivity index (χ4v) is 4.54. The second-order valence-corrected chi connectivity index (χ2v) is 10.8. The van der Waals surface area contributed by atoms with Gasteiger partial charge in [-0.2, -0.15) is 13.2 Å². The number of esters is 1. The molecular weight excluding hydrogens is 527 g/mol. The molecule has 1 saturated heterocycles. The second-order valence-electron chi connectivity index (χ2n) is 10.8. The molecule has 0 N–H and O–H groups in total. The molecule has 1 aliphatic heterocycles. The SMILES string of the molecule is COc1ccc(CN(CCCC(=O)OC(C)(C)C)c2cc(C(F)(F)F)ccc2CN2CCN(C(=O)[O-])CC2)cc1. The second kappa shape index (κ2) is 13.3. The lowest BCUT2D eigenvalue weighted by Gasteiger charge is -2.37. The van der Waals surface area contributed by atoms with Gasteiger partial charge >= 0.3 is 12.1 Å². The lowest BCUT2D eigenvalue weighted by atomic mass is 10.0. The van der Waals surface area contributed by atoms with Crippen LogP contribution in [0.1, 0.15) is 50.3 Å². The molecule has 1 fully saturated rings. The summed E-state index contributed by atoms with van der Waals surface area (Å²) in [5.41, 5.74) is 0.566. The highest BCUT2D eigenvalue weighted by Crippen LogP contribution is 2.35. The van der Waals surface area contributed by atoms with Gasteiger partial charge in [0, 0.05) is 57.9 Å². The Morgan fingerprint density at radius 2 is 1.65 bits per heavy atom. The molecule has 1 amide bonds. The van der Waals surface area contributed by atoms with E-state index in [4.69, 9.17) is 9.47 Å². The Balaban J connectivity index is 1.90. The molecule has 0 unspecified atom stereocenters. The predicted molar refractivity (Wildman–Crippen MR) is 143 cm³/mol. The molecule has 0 atom stereocenters. The third kappa shape index (κ3) is 9.32. The van der Waals surface area contributed by atoms with Crippen molar-refractivity contribution in [2.75, 3.05) is 44.7 Å². The number of carboxylic acid groups (broad SMARTS) is 1. The van der Waals surface area contributed by atoms with Gasteiger partial charge in [0.2, 0.25) is 0 Å². The first kappa shape index (κ1) is 31.1. The highest BCUT2D eigenvalue weighted by Gasteiger charge is 2.32. The summed E-state index contributed by atoms with van der Waals surface area (Å²) in [4.78, 5) is 28.6. The Bertz CT molecular complexity index is 1140. The first-order chi connectivity index (χ1) is 18.7. The highest BCUT2D eigenvalue weighted by molar-refractivity contribution is 5.70. The van der Waals surface area contributed by atoms with Crippen LogP contribution in [0.25, 0.3) is 0 Å². The van der Waals surface area contributed by atoms with E-state index in [0.717, 1.165) is 17.7 Å². The van der Waals surface area contributed by atoms with E-state index in [2.05, 4.69) is 0 Å². The van der Waals surface area contributed by atoms with Crippen molar-refractivity contribution in [2.24, 2.45) is 0 Å². The summed E-state index contributed by atoms with van der Waals surface area (Å²) >= 11 is 0. The van der Waals surface area contributed by atoms with Gasteiger partial charge in [-0.1, -0.05) is 18.2 Å². The van der Waals surface area contributed by atoms with E-state index >= 15 is 0 Å². The van der Waals surface area contributed by atoms with Gasteiger partial charge in [0.1, 0.15) is 17.4 Å². The maximum Gasteiger partial charge on any atom is 0.416 e. The average molecular weight is 565 g/mol. The van der Waals surface area contributed by atoms with E-state index in [9.17, 15) is 27.9 Å². The average Bonchev–Trinajstić information content (AvgIpc) is 2.87. The van der Waals surface area contributed by atoms with Crippen molar-refractivity contribution in [2.45, 2.75) is 58.5 Å². The number of amides is 1. The number of rotatable bonds is 10. The number of hydrogen-bond acceptors (Lipinski definition) is 7. The minimum atomic E-state index is -4.53. The molecule has 220 valence electrons. The van der Waals surface area contributed by atoms with Crippen LogP contribution in [-0.4, -0.2) is 67.3 Å². The van der Waals surface area contributed by atoms with Gasteiger partial charge in [-0.15, -0.1) is 0 Å². The van der Waals surface area contributed by atoms with Crippen molar-refractivity contribution in [1.29, 1.82) is 0 Å². The minimum absolute atomic E-state index is 0.121.